The van der Waals surface area contributed by atoms with Crippen molar-refractivity contribution in [2.45, 2.75) is 6.04 Å². The van der Waals surface area contributed by atoms with Crippen LogP contribution in [0.5, 0.6) is 11.5 Å². The minimum absolute atomic E-state index is 0.167. The number of hydrogen-bond acceptors (Lipinski definition) is 3. The third-order valence-corrected chi connectivity index (χ3v) is 3.08. The van der Waals surface area contributed by atoms with E-state index in [9.17, 15) is 8.78 Å². The molecule has 0 radical (unpaired) electrons. The molecule has 0 amide bonds. The van der Waals surface area contributed by atoms with Gasteiger partial charge < -0.3 is 15.2 Å². The number of ether oxygens (including phenoxy) is 2. The molecule has 0 saturated heterocycles. The van der Waals surface area contributed by atoms with E-state index in [-0.39, 0.29) is 5.56 Å². The molecule has 2 aromatic rings. The van der Waals surface area contributed by atoms with Crippen LogP contribution in [0.4, 0.5) is 8.78 Å². The van der Waals surface area contributed by atoms with Gasteiger partial charge in [0.1, 0.15) is 11.6 Å². The highest BCUT2D eigenvalue weighted by atomic mass is 19.1. The quantitative estimate of drug-likeness (QED) is 0.935. The zero-order valence-corrected chi connectivity index (χ0v) is 11.2. The number of rotatable bonds is 4. The minimum Gasteiger partial charge on any atom is -0.493 e. The van der Waals surface area contributed by atoms with Crippen LogP contribution in [0.1, 0.15) is 17.2 Å². The van der Waals surface area contributed by atoms with E-state index in [1.54, 1.807) is 18.2 Å². The zero-order chi connectivity index (χ0) is 14.7. The van der Waals surface area contributed by atoms with Crippen molar-refractivity contribution in [1.82, 2.24) is 0 Å². The number of methoxy groups -OCH3 is 2. The topological polar surface area (TPSA) is 44.5 Å². The van der Waals surface area contributed by atoms with E-state index in [0.717, 1.165) is 0 Å². The van der Waals surface area contributed by atoms with E-state index in [1.807, 2.05) is 0 Å². The van der Waals surface area contributed by atoms with E-state index in [0.29, 0.717) is 17.1 Å². The van der Waals surface area contributed by atoms with Crippen LogP contribution < -0.4 is 15.2 Å². The van der Waals surface area contributed by atoms with E-state index in [2.05, 4.69) is 0 Å². The molecule has 1 atom stereocenters. The van der Waals surface area contributed by atoms with Gasteiger partial charge in [-0.3, -0.25) is 0 Å². The van der Waals surface area contributed by atoms with Crippen LogP contribution >= 0.6 is 0 Å². The van der Waals surface area contributed by atoms with Crippen molar-refractivity contribution in [3.8, 4) is 11.5 Å². The molecule has 0 aliphatic rings. The summed E-state index contributed by atoms with van der Waals surface area (Å²) in [6.45, 7) is 0. The molecule has 0 spiro atoms. The summed E-state index contributed by atoms with van der Waals surface area (Å²) in [5.41, 5.74) is 6.32. The molecule has 2 aromatic carbocycles. The lowest BCUT2D eigenvalue weighted by atomic mass is 9.98. The number of nitrogens with two attached hydrogens (primary N) is 1. The van der Waals surface area contributed by atoms with Gasteiger partial charge in [0, 0.05) is 5.56 Å². The lowest BCUT2D eigenvalue weighted by molar-refractivity contribution is 0.354. The predicted molar refractivity (Wildman–Crippen MR) is 71.9 cm³/mol. The molecule has 20 heavy (non-hydrogen) atoms. The highest BCUT2D eigenvalue weighted by Gasteiger charge is 2.19. The highest BCUT2D eigenvalue weighted by Crippen LogP contribution is 2.32. The molecule has 0 saturated carbocycles. The monoisotopic (exact) mass is 279 g/mol. The van der Waals surface area contributed by atoms with Crippen molar-refractivity contribution in [3.05, 3.63) is 59.2 Å². The van der Waals surface area contributed by atoms with Gasteiger partial charge in [-0.05, 0) is 29.8 Å². The summed E-state index contributed by atoms with van der Waals surface area (Å²) in [4.78, 5) is 0. The fourth-order valence-corrected chi connectivity index (χ4v) is 2.02. The van der Waals surface area contributed by atoms with Crippen molar-refractivity contribution < 1.29 is 18.3 Å². The maximum Gasteiger partial charge on any atom is 0.161 e. The largest absolute Gasteiger partial charge is 0.493 e. The fraction of sp³-hybridized carbons (Fsp3) is 0.200. The number of benzene rings is 2. The van der Waals surface area contributed by atoms with Gasteiger partial charge in [0.15, 0.2) is 11.5 Å². The maximum absolute atomic E-state index is 13.7. The second-order valence-corrected chi connectivity index (χ2v) is 4.23. The molecule has 3 nitrogen and oxygen atoms in total. The van der Waals surface area contributed by atoms with Crippen molar-refractivity contribution >= 4 is 0 Å². The van der Waals surface area contributed by atoms with E-state index >= 15 is 0 Å². The SMILES string of the molecule is COc1ccc(C(N)c2c(F)cccc2F)cc1OC. The third kappa shape index (κ3) is 2.58. The van der Waals surface area contributed by atoms with Crippen LogP contribution in [0.3, 0.4) is 0 Å². The Kier molecular flexibility index (Phi) is 4.20. The first-order valence-electron chi connectivity index (χ1n) is 6.00. The van der Waals surface area contributed by atoms with Crippen molar-refractivity contribution in [2.24, 2.45) is 5.73 Å². The molecule has 0 aliphatic heterocycles. The normalized spacial score (nSPS) is 12.1. The van der Waals surface area contributed by atoms with Crippen LogP contribution in [0.15, 0.2) is 36.4 Å². The first-order valence-corrected chi connectivity index (χ1v) is 6.00. The lowest BCUT2D eigenvalue weighted by Crippen LogP contribution is -2.15. The minimum atomic E-state index is -0.920. The smallest absolute Gasteiger partial charge is 0.161 e. The molecule has 106 valence electrons. The fourth-order valence-electron chi connectivity index (χ4n) is 2.02. The summed E-state index contributed by atoms with van der Waals surface area (Å²) in [5.74, 6) is -0.366. The molecule has 2 rings (SSSR count). The highest BCUT2D eigenvalue weighted by molar-refractivity contribution is 5.46. The summed E-state index contributed by atoms with van der Waals surface area (Å²) in [6.07, 6.45) is 0. The van der Waals surface area contributed by atoms with Crippen molar-refractivity contribution in [1.29, 1.82) is 0 Å². The van der Waals surface area contributed by atoms with Crippen LogP contribution in [-0.4, -0.2) is 14.2 Å². The van der Waals surface area contributed by atoms with Gasteiger partial charge in [-0.25, -0.2) is 8.78 Å². The molecule has 0 heterocycles. The average molecular weight is 279 g/mol. The van der Waals surface area contributed by atoms with E-state index in [4.69, 9.17) is 15.2 Å². The standard InChI is InChI=1S/C15H15F2NO2/c1-19-12-7-6-9(8-13(12)20-2)15(18)14-10(16)4-3-5-11(14)17/h3-8,15H,18H2,1-2H3. The van der Waals surface area contributed by atoms with Gasteiger partial charge >= 0.3 is 0 Å². The molecule has 0 aliphatic carbocycles. The first kappa shape index (κ1) is 14.3. The second kappa shape index (κ2) is 5.88. The summed E-state index contributed by atoms with van der Waals surface area (Å²) < 4.78 is 37.7. The Labute approximate surface area is 115 Å². The molecule has 0 aromatic heterocycles. The molecule has 2 N–H and O–H groups in total. The zero-order valence-electron chi connectivity index (χ0n) is 11.2. The molecular weight excluding hydrogens is 264 g/mol. The van der Waals surface area contributed by atoms with E-state index in [1.165, 1.54) is 32.4 Å². The summed E-state index contributed by atoms with van der Waals surface area (Å²) in [7, 11) is 2.99. The van der Waals surface area contributed by atoms with Gasteiger partial charge in [0.2, 0.25) is 0 Å². The van der Waals surface area contributed by atoms with Gasteiger partial charge in [-0.1, -0.05) is 12.1 Å². The van der Waals surface area contributed by atoms with Gasteiger partial charge in [-0.2, -0.15) is 0 Å². The van der Waals surface area contributed by atoms with E-state index < -0.39 is 17.7 Å². The maximum atomic E-state index is 13.7. The van der Waals surface area contributed by atoms with Crippen LogP contribution in [0.25, 0.3) is 0 Å². The van der Waals surface area contributed by atoms with Crippen molar-refractivity contribution in [2.75, 3.05) is 14.2 Å². The van der Waals surface area contributed by atoms with Gasteiger partial charge in [0.25, 0.3) is 0 Å². The Morgan fingerprint density at radius 3 is 2.10 bits per heavy atom. The van der Waals surface area contributed by atoms with Gasteiger partial charge in [0.05, 0.1) is 20.3 Å². The molecule has 0 fully saturated rings. The number of halogens is 2. The average Bonchev–Trinajstić information content (AvgIpc) is 2.46. The first-order chi connectivity index (χ1) is 9.58. The Bertz CT molecular complexity index is 597. The van der Waals surface area contributed by atoms with Crippen LogP contribution in [0, 0.1) is 11.6 Å². The summed E-state index contributed by atoms with van der Waals surface area (Å²) >= 11 is 0. The summed E-state index contributed by atoms with van der Waals surface area (Å²) in [6, 6.07) is 7.64. The lowest BCUT2D eigenvalue weighted by Gasteiger charge is -2.16. The Balaban J connectivity index is 2.46. The second-order valence-electron chi connectivity index (χ2n) is 4.23. The molecule has 5 heteroatoms. The molecule has 1 unspecified atom stereocenters. The Morgan fingerprint density at radius 2 is 1.55 bits per heavy atom. The predicted octanol–water partition coefficient (Wildman–Crippen LogP) is 3.03. The Morgan fingerprint density at radius 1 is 0.950 bits per heavy atom. The molecular formula is C15H15F2NO2. The van der Waals surface area contributed by atoms with Crippen LogP contribution in [-0.2, 0) is 0 Å². The number of hydrogen-bond donors (Lipinski definition) is 1. The summed E-state index contributed by atoms with van der Waals surface area (Å²) in [5, 5.41) is 0. The molecule has 0 bridgehead atoms. The van der Waals surface area contributed by atoms with Crippen molar-refractivity contribution in [3.63, 3.8) is 0 Å². The Hall–Kier alpha value is -2.14. The van der Waals surface area contributed by atoms with Gasteiger partial charge in [-0.15, -0.1) is 0 Å². The van der Waals surface area contributed by atoms with Crippen LogP contribution in [0.2, 0.25) is 0 Å². The third-order valence-electron chi connectivity index (χ3n) is 3.08.